The Morgan fingerprint density at radius 2 is 0.542 bits per heavy atom. The maximum absolute atomic E-state index is 13.8. The number of aromatic nitrogens is 2. The molecule has 0 fully saturated rings. The Kier molecular flexibility index (Phi) is 19.8. The van der Waals surface area contributed by atoms with Crippen LogP contribution in [0.25, 0.3) is 22.3 Å². The van der Waals surface area contributed by atoms with Crippen LogP contribution in [-0.4, -0.2) is 46.5 Å². The quantitative estimate of drug-likeness (QED) is 0.0372. The molecule has 24 heteroatoms. The van der Waals surface area contributed by atoms with Gasteiger partial charge in [-0.2, -0.15) is 52.7 Å². The first-order valence-corrected chi connectivity index (χ1v) is 33.3. The van der Waals surface area contributed by atoms with E-state index < -0.39 is 58.3 Å². The highest BCUT2D eigenvalue weighted by Crippen LogP contribution is 2.42. The first kappa shape index (κ1) is 70.9. The summed E-state index contributed by atoms with van der Waals surface area (Å²) in [6, 6.07) is 62.9. The molecule has 0 bridgehead atoms. The van der Waals surface area contributed by atoms with E-state index in [0.717, 1.165) is 44.8 Å². The maximum Gasteiger partial charge on any atom is 0.416 e. The Balaban J connectivity index is 0.625. The Morgan fingerprint density at radius 1 is 0.280 bits per heavy atom. The number of hydrogen-bond acceptors (Lipinski definition) is 10. The summed E-state index contributed by atoms with van der Waals surface area (Å²) in [7, 11) is 0. The third-order valence-corrected chi connectivity index (χ3v) is 17.0. The lowest BCUT2D eigenvalue weighted by Crippen LogP contribution is -2.14. The Morgan fingerprint density at radius 3 is 0.804 bits per heavy atom. The highest BCUT2D eigenvalue weighted by molar-refractivity contribution is 6.11. The van der Waals surface area contributed by atoms with Crippen LogP contribution in [0, 0.1) is 0 Å². The number of nitrogens with zero attached hydrogens (tertiary/aromatic N) is 4. The van der Waals surface area contributed by atoms with Gasteiger partial charge in [0.05, 0.1) is 58.3 Å². The van der Waals surface area contributed by atoms with Crippen molar-refractivity contribution in [2.45, 2.75) is 31.1 Å². The Bertz CT molecular complexity index is 5020. The summed E-state index contributed by atoms with van der Waals surface area (Å²) in [6.07, 6.45) is -5.83. The van der Waals surface area contributed by atoms with Crippen LogP contribution in [0.1, 0.15) is 73.7 Å². The first-order chi connectivity index (χ1) is 51.5. The summed E-state index contributed by atoms with van der Waals surface area (Å²) in [6.45, 7) is 0.675. The molecule has 0 amide bonds. The topological polar surface area (TPSA) is 148 Å². The van der Waals surface area contributed by atoms with Crippen molar-refractivity contribution in [2.24, 2.45) is 20.0 Å². The van der Waals surface area contributed by atoms with Crippen LogP contribution in [0.5, 0.6) is 11.5 Å². The number of H-pyrrole nitrogens is 2. The van der Waals surface area contributed by atoms with E-state index in [1.807, 2.05) is 218 Å². The molecule has 0 saturated heterocycles. The molecule has 0 unspecified atom stereocenters. The van der Waals surface area contributed by atoms with E-state index in [9.17, 15) is 52.7 Å². The minimum Gasteiger partial charge on any atom is -0.493 e. The minimum absolute atomic E-state index is 0.0319. The van der Waals surface area contributed by atoms with Gasteiger partial charge in [0.1, 0.15) is 34.8 Å². The summed E-state index contributed by atoms with van der Waals surface area (Å²) < 4.78 is 177. The summed E-state index contributed by atoms with van der Waals surface area (Å²) in [5.41, 5.74) is 5.35. The number of alkyl halides is 12. The average molecular weight is 1460 g/mol. The van der Waals surface area contributed by atoms with Crippen molar-refractivity contribution in [1.29, 1.82) is 0 Å². The zero-order valence-electron chi connectivity index (χ0n) is 55.8. The van der Waals surface area contributed by atoms with Gasteiger partial charge in [-0.25, -0.2) is 20.0 Å². The van der Waals surface area contributed by atoms with Crippen molar-refractivity contribution in [3.05, 3.63) is 369 Å². The zero-order chi connectivity index (χ0) is 74.5. The van der Waals surface area contributed by atoms with Gasteiger partial charge in [0.2, 0.25) is 0 Å². The number of nitrogens with one attached hydrogen (secondary N) is 6. The molecule has 12 nitrogen and oxygen atoms in total. The van der Waals surface area contributed by atoms with E-state index in [2.05, 4.69) is 41.2 Å². The van der Waals surface area contributed by atoms with Gasteiger partial charge in [0, 0.05) is 86.4 Å². The molecule has 8 aromatic carbocycles. The third kappa shape index (κ3) is 16.9. The number of allylic oxidation sites excluding steroid dienone is 4. The number of anilines is 4. The number of amidine groups is 4. The molecule has 0 saturated carbocycles. The molecular formula is C83H58F12N10O2. The number of rotatable bonds is 18. The van der Waals surface area contributed by atoms with E-state index in [1.54, 1.807) is 12.2 Å². The second kappa shape index (κ2) is 29.9. The van der Waals surface area contributed by atoms with Gasteiger partial charge in [-0.3, -0.25) is 0 Å². The smallest absolute Gasteiger partial charge is 0.416 e. The first-order valence-electron chi connectivity index (χ1n) is 33.3. The van der Waals surface area contributed by atoms with Gasteiger partial charge in [0.15, 0.2) is 0 Å². The Hall–Kier alpha value is -13.1. The number of halogens is 12. The fourth-order valence-electron chi connectivity index (χ4n) is 12.3. The SMILES string of the molecule is FC(F)(F)c1cc(NC2=NC(=C(c3ccccc3)c3ccc(C(=C4C=CC(Nc5cccc(OCCCOc6cccc(NC7=NC(=C(c8ccccc8)c8ccc(C(=C9C=CC(Nc%10cc(C(F)(F)F)cc(C(F)(F)F)c%10)=N9)c9ccccc9)[nH]8)C=C7)c6)c5)=N4)c4ccccc4)[nH]3)C=C2)cc(C(F)(F)F)c1. The van der Waals surface area contributed by atoms with E-state index in [4.69, 9.17) is 19.5 Å². The largest absolute Gasteiger partial charge is 0.493 e. The molecule has 0 spiro atoms. The predicted octanol–water partition coefficient (Wildman–Crippen LogP) is 21.6. The van der Waals surface area contributed by atoms with Crippen LogP contribution in [-0.2, 0) is 24.7 Å². The highest BCUT2D eigenvalue weighted by atomic mass is 19.4. The van der Waals surface area contributed by atoms with Crippen molar-refractivity contribution >= 4 is 68.4 Å². The number of aromatic amines is 2. The molecular weight excluding hydrogens is 1400 g/mol. The van der Waals surface area contributed by atoms with Crippen LogP contribution in [0.4, 0.5) is 75.4 Å². The molecule has 14 rings (SSSR count). The number of benzene rings is 8. The normalized spacial score (nSPS) is 16.1. The van der Waals surface area contributed by atoms with Crippen LogP contribution in [0.15, 0.2) is 322 Å². The second-order valence-corrected chi connectivity index (χ2v) is 24.6. The van der Waals surface area contributed by atoms with Crippen LogP contribution < -0.4 is 30.7 Å². The standard InChI is InChI=1S/C83H58F12N10O2/c84-80(85,86)54-42-55(81(87,88)89)45-60(44-54)98-74-38-34-70(104-74)78(52-20-9-3-10-21-52)66-30-28-64(100-66)76(50-16-5-1-6-17-50)68-32-36-72(102-68)96-58-24-13-26-62(48-58)106-40-15-41-107-63-27-14-25-59(49-63)97-73-37-33-69(103-73)77(51-18-7-2-8-19-51)65-29-31-67(101-65)79(53-22-11-4-12-23-53)71-35-39-75(105-71)99-61-46-56(82(90,91)92)43-57(47-61)83(93,94)95/h1-14,16-39,42-49,100-101H,15,40-41H2,(H,96,102)(H,97,103)(H,98,104)(H,99,105). The van der Waals surface area contributed by atoms with Gasteiger partial charge >= 0.3 is 24.7 Å². The molecule has 0 aliphatic carbocycles. The third-order valence-electron chi connectivity index (χ3n) is 17.0. The molecule has 6 N–H and O–H groups in total. The lowest BCUT2D eigenvalue weighted by molar-refractivity contribution is -0.144. The van der Waals surface area contributed by atoms with E-state index in [1.165, 1.54) is 12.2 Å². The van der Waals surface area contributed by atoms with Gasteiger partial charge in [-0.1, -0.05) is 133 Å². The van der Waals surface area contributed by atoms with E-state index in [-0.39, 0.29) is 23.8 Å². The van der Waals surface area contributed by atoms with Gasteiger partial charge in [-0.05, 0) is 156 Å². The number of hydrogen-bond donors (Lipinski definition) is 6. The summed E-state index contributed by atoms with van der Waals surface area (Å²) >= 11 is 0. The predicted molar refractivity (Wildman–Crippen MR) is 394 cm³/mol. The molecule has 6 heterocycles. The fraction of sp³-hybridized carbons (Fsp3) is 0.0843. The monoisotopic (exact) mass is 1450 g/mol. The molecule has 2 aromatic heterocycles. The Labute approximate surface area is 604 Å². The molecule has 107 heavy (non-hydrogen) atoms. The number of aliphatic imine (C=N–C) groups is 4. The second-order valence-electron chi connectivity index (χ2n) is 24.6. The maximum atomic E-state index is 13.8. The van der Waals surface area contributed by atoms with Crippen LogP contribution >= 0.6 is 0 Å². The van der Waals surface area contributed by atoms with Gasteiger partial charge in [0.25, 0.3) is 0 Å². The molecule has 0 atom stereocenters. The van der Waals surface area contributed by atoms with Crippen molar-refractivity contribution in [3.8, 4) is 11.5 Å². The fourth-order valence-corrected chi connectivity index (χ4v) is 12.3. The van der Waals surface area contributed by atoms with Gasteiger partial charge < -0.3 is 40.7 Å². The van der Waals surface area contributed by atoms with Crippen molar-refractivity contribution in [3.63, 3.8) is 0 Å². The van der Waals surface area contributed by atoms with Crippen molar-refractivity contribution < 1.29 is 62.2 Å². The molecule has 10 aromatic rings. The zero-order valence-corrected chi connectivity index (χ0v) is 55.8. The van der Waals surface area contributed by atoms with Gasteiger partial charge in [-0.15, -0.1) is 0 Å². The van der Waals surface area contributed by atoms with Crippen molar-refractivity contribution in [2.75, 3.05) is 34.5 Å². The van der Waals surface area contributed by atoms with Crippen molar-refractivity contribution in [1.82, 2.24) is 9.97 Å². The highest BCUT2D eigenvalue weighted by Gasteiger charge is 2.39. The lowest BCUT2D eigenvalue weighted by Gasteiger charge is -2.15. The molecule has 0 radical (unpaired) electrons. The summed E-state index contributed by atoms with van der Waals surface area (Å²) in [5.74, 6) is 2.40. The number of ether oxygens (including phenoxy) is 2. The molecule has 4 aliphatic heterocycles. The van der Waals surface area contributed by atoms with Crippen LogP contribution in [0.2, 0.25) is 0 Å². The summed E-state index contributed by atoms with van der Waals surface area (Å²) in [4.78, 5) is 26.4. The molecule has 536 valence electrons. The van der Waals surface area contributed by atoms with E-state index >= 15 is 0 Å². The molecule has 4 aliphatic rings. The lowest BCUT2D eigenvalue weighted by atomic mass is 10.0. The minimum atomic E-state index is -5.03. The average Bonchev–Trinajstić information content (AvgIpc) is 1.56. The van der Waals surface area contributed by atoms with Crippen LogP contribution in [0.3, 0.4) is 0 Å². The summed E-state index contributed by atoms with van der Waals surface area (Å²) in [5, 5.41) is 12.1. The van der Waals surface area contributed by atoms with E-state index in [0.29, 0.717) is 124 Å².